The molecule has 0 bridgehead atoms. The number of thioether (sulfide) groups is 1. The van der Waals surface area contributed by atoms with E-state index in [1.807, 2.05) is 0 Å². The van der Waals surface area contributed by atoms with Crippen LogP contribution in [0.4, 0.5) is 0 Å². The molecule has 0 radical (unpaired) electrons. The Bertz CT molecular complexity index is 370. The number of esters is 1. The molecule has 1 unspecified atom stereocenters. The van der Waals surface area contributed by atoms with Crippen molar-refractivity contribution in [2.24, 2.45) is 5.73 Å². The van der Waals surface area contributed by atoms with Gasteiger partial charge in [0, 0.05) is 12.2 Å². The monoisotopic (exact) mass is 273 g/mol. The molecule has 0 aliphatic carbocycles. The Labute approximate surface area is 111 Å². The van der Waals surface area contributed by atoms with E-state index in [0.29, 0.717) is 17.4 Å². The van der Waals surface area contributed by atoms with Gasteiger partial charge >= 0.3 is 5.97 Å². The van der Waals surface area contributed by atoms with Gasteiger partial charge in [0.15, 0.2) is 5.82 Å². The zero-order valence-corrected chi connectivity index (χ0v) is 11.5. The van der Waals surface area contributed by atoms with Crippen molar-refractivity contribution >= 4 is 17.7 Å². The Kier molecular flexibility index (Phi) is 6.74. The summed E-state index contributed by atoms with van der Waals surface area (Å²) in [6.07, 6.45) is 3.00. The van der Waals surface area contributed by atoms with Gasteiger partial charge in [0.1, 0.15) is 6.04 Å². The van der Waals surface area contributed by atoms with Gasteiger partial charge in [0.05, 0.1) is 12.9 Å². The predicted octanol–water partition coefficient (Wildman–Crippen LogP) is 1.15. The fourth-order valence-electron chi connectivity index (χ4n) is 1.28. The van der Waals surface area contributed by atoms with Crippen molar-refractivity contribution in [3.63, 3.8) is 0 Å². The highest BCUT2D eigenvalue weighted by molar-refractivity contribution is 7.98. The standard InChI is InChI=1S/C11H19N3O3S/c1-3-4-5-9-13-10(17-14-9)7-18-6-8(12)11(15)16-2/h8H,3-7,12H2,1-2H3. The summed E-state index contributed by atoms with van der Waals surface area (Å²) >= 11 is 1.47. The number of hydrogen-bond donors (Lipinski definition) is 1. The third-order valence-electron chi connectivity index (χ3n) is 2.29. The topological polar surface area (TPSA) is 91.2 Å². The number of aromatic nitrogens is 2. The fraction of sp³-hybridized carbons (Fsp3) is 0.727. The zero-order valence-electron chi connectivity index (χ0n) is 10.7. The number of carbonyl (C=O) groups excluding carboxylic acids is 1. The van der Waals surface area contributed by atoms with E-state index < -0.39 is 12.0 Å². The smallest absolute Gasteiger partial charge is 0.323 e. The second-order valence-electron chi connectivity index (χ2n) is 3.85. The van der Waals surface area contributed by atoms with Crippen LogP contribution in [-0.2, 0) is 21.7 Å². The largest absolute Gasteiger partial charge is 0.468 e. The number of unbranched alkanes of at least 4 members (excludes halogenated alkanes) is 1. The molecule has 1 rings (SSSR count). The molecule has 1 aromatic rings. The molecule has 0 amide bonds. The first-order valence-electron chi connectivity index (χ1n) is 5.90. The van der Waals surface area contributed by atoms with Crippen molar-refractivity contribution in [2.75, 3.05) is 12.9 Å². The van der Waals surface area contributed by atoms with Crippen LogP contribution in [0.15, 0.2) is 4.52 Å². The summed E-state index contributed by atoms with van der Waals surface area (Å²) in [4.78, 5) is 15.3. The maximum absolute atomic E-state index is 11.1. The van der Waals surface area contributed by atoms with Crippen LogP contribution in [0, 0.1) is 0 Å². The van der Waals surface area contributed by atoms with E-state index in [4.69, 9.17) is 10.3 Å². The van der Waals surface area contributed by atoms with Crippen molar-refractivity contribution in [1.82, 2.24) is 10.1 Å². The second-order valence-corrected chi connectivity index (χ2v) is 4.88. The van der Waals surface area contributed by atoms with Crippen LogP contribution >= 0.6 is 11.8 Å². The lowest BCUT2D eigenvalue weighted by Crippen LogP contribution is -2.33. The minimum Gasteiger partial charge on any atom is -0.468 e. The van der Waals surface area contributed by atoms with Gasteiger partial charge in [-0.2, -0.15) is 4.98 Å². The molecule has 102 valence electrons. The Morgan fingerprint density at radius 3 is 3.06 bits per heavy atom. The van der Waals surface area contributed by atoms with Crippen LogP contribution in [0.5, 0.6) is 0 Å². The number of nitrogens with two attached hydrogens (primary N) is 1. The maximum Gasteiger partial charge on any atom is 0.323 e. The summed E-state index contributed by atoms with van der Waals surface area (Å²) in [6, 6.07) is -0.609. The van der Waals surface area contributed by atoms with Crippen molar-refractivity contribution in [1.29, 1.82) is 0 Å². The van der Waals surface area contributed by atoms with Gasteiger partial charge in [-0.3, -0.25) is 4.79 Å². The summed E-state index contributed by atoms with van der Waals surface area (Å²) in [5.41, 5.74) is 5.60. The number of aryl methyl sites for hydroxylation is 1. The SMILES string of the molecule is CCCCc1noc(CSCC(N)C(=O)OC)n1. The molecule has 0 aliphatic rings. The summed E-state index contributed by atoms with van der Waals surface area (Å²) in [5.74, 6) is 1.94. The molecule has 0 fully saturated rings. The fourth-order valence-corrected chi connectivity index (χ4v) is 2.08. The van der Waals surface area contributed by atoms with Gasteiger partial charge < -0.3 is 15.0 Å². The first-order valence-corrected chi connectivity index (χ1v) is 7.05. The second kappa shape index (κ2) is 8.10. The molecule has 1 atom stereocenters. The summed E-state index contributed by atoms with van der Waals surface area (Å²) in [6.45, 7) is 2.12. The highest BCUT2D eigenvalue weighted by Crippen LogP contribution is 2.12. The molecule has 18 heavy (non-hydrogen) atoms. The van der Waals surface area contributed by atoms with Crippen LogP contribution < -0.4 is 5.73 Å². The van der Waals surface area contributed by atoms with Crippen LogP contribution in [0.1, 0.15) is 31.5 Å². The Balaban J connectivity index is 2.26. The Hall–Kier alpha value is -1.08. The molecule has 0 saturated heterocycles. The molecule has 0 aliphatic heterocycles. The number of carbonyl (C=O) groups is 1. The maximum atomic E-state index is 11.1. The van der Waals surface area contributed by atoms with Crippen LogP contribution in [-0.4, -0.2) is 35.0 Å². The van der Waals surface area contributed by atoms with Crippen LogP contribution in [0.2, 0.25) is 0 Å². The van der Waals surface area contributed by atoms with Gasteiger partial charge in [-0.25, -0.2) is 0 Å². The number of hydrogen-bond acceptors (Lipinski definition) is 7. The molecule has 1 aromatic heterocycles. The highest BCUT2D eigenvalue weighted by Gasteiger charge is 2.14. The zero-order chi connectivity index (χ0) is 13.4. The van der Waals surface area contributed by atoms with E-state index in [1.165, 1.54) is 18.9 Å². The molecular formula is C11H19N3O3S. The Morgan fingerprint density at radius 2 is 2.39 bits per heavy atom. The minimum absolute atomic E-state index is 0.406. The molecule has 2 N–H and O–H groups in total. The Morgan fingerprint density at radius 1 is 1.61 bits per heavy atom. The van der Waals surface area contributed by atoms with Crippen molar-refractivity contribution in [2.45, 2.75) is 38.0 Å². The predicted molar refractivity (Wildman–Crippen MR) is 69.1 cm³/mol. The van der Waals surface area contributed by atoms with Crippen molar-refractivity contribution in [3.8, 4) is 0 Å². The normalized spacial score (nSPS) is 12.4. The first-order chi connectivity index (χ1) is 8.67. The van der Waals surface area contributed by atoms with Crippen LogP contribution in [0.25, 0.3) is 0 Å². The highest BCUT2D eigenvalue weighted by atomic mass is 32.2. The minimum atomic E-state index is -0.609. The molecule has 0 aromatic carbocycles. The van der Waals surface area contributed by atoms with Crippen molar-refractivity contribution < 1.29 is 14.1 Å². The quantitative estimate of drug-likeness (QED) is 0.710. The van der Waals surface area contributed by atoms with Crippen LogP contribution in [0.3, 0.4) is 0 Å². The molecule has 6 nitrogen and oxygen atoms in total. The van der Waals surface area contributed by atoms with Gasteiger partial charge in [-0.15, -0.1) is 11.8 Å². The van der Waals surface area contributed by atoms with Gasteiger partial charge in [0.25, 0.3) is 0 Å². The molecule has 0 saturated carbocycles. The van der Waals surface area contributed by atoms with E-state index in [9.17, 15) is 4.79 Å². The third-order valence-corrected chi connectivity index (χ3v) is 3.34. The molecule has 7 heteroatoms. The average molecular weight is 273 g/mol. The number of rotatable bonds is 8. The number of nitrogens with zero attached hydrogens (tertiary/aromatic N) is 2. The van der Waals surface area contributed by atoms with E-state index in [-0.39, 0.29) is 0 Å². The average Bonchev–Trinajstić information content (AvgIpc) is 2.83. The number of ether oxygens (including phenoxy) is 1. The molecule has 1 heterocycles. The van der Waals surface area contributed by atoms with E-state index in [2.05, 4.69) is 21.8 Å². The number of methoxy groups -OCH3 is 1. The first kappa shape index (κ1) is 15.0. The van der Waals surface area contributed by atoms with Gasteiger partial charge in [0.2, 0.25) is 5.89 Å². The lowest BCUT2D eigenvalue weighted by Gasteiger charge is -2.06. The third kappa shape index (κ3) is 5.05. The van der Waals surface area contributed by atoms with E-state index >= 15 is 0 Å². The van der Waals surface area contributed by atoms with Gasteiger partial charge in [-0.05, 0) is 6.42 Å². The summed E-state index contributed by atoms with van der Waals surface area (Å²) in [5, 5.41) is 3.88. The lowest BCUT2D eigenvalue weighted by atomic mass is 10.2. The molecule has 0 spiro atoms. The van der Waals surface area contributed by atoms with E-state index in [0.717, 1.165) is 25.1 Å². The summed E-state index contributed by atoms with van der Waals surface area (Å²) in [7, 11) is 1.32. The van der Waals surface area contributed by atoms with E-state index in [1.54, 1.807) is 0 Å². The van der Waals surface area contributed by atoms with Crippen molar-refractivity contribution in [3.05, 3.63) is 11.7 Å². The van der Waals surface area contributed by atoms with Gasteiger partial charge in [-0.1, -0.05) is 18.5 Å². The summed E-state index contributed by atoms with van der Waals surface area (Å²) < 4.78 is 9.63. The lowest BCUT2D eigenvalue weighted by molar-refractivity contribution is -0.141. The molecular weight excluding hydrogens is 254 g/mol.